The average molecular weight is 182 g/mol. The van der Waals surface area contributed by atoms with E-state index in [-0.39, 0.29) is 12.1 Å². The maximum absolute atomic E-state index is 11.2. The Morgan fingerprint density at radius 2 is 2.31 bits per heavy atom. The summed E-state index contributed by atoms with van der Waals surface area (Å²) in [6.07, 6.45) is 7.60. The lowest BCUT2D eigenvalue weighted by Gasteiger charge is -1.94. The van der Waals surface area contributed by atoms with Crippen molar-refractivity contribution >= 4 is 5.97 Å². The number of ether oxygens (including phenoxy) is 1. The van der Waals surface area contributed by atoms with Gasteiger partial charge in [0.1, 0.15) is 6.10 Å². The van der Waals surface area contributed by atoms with Crippen molar-refractivity contribution in [3.8, 4) is 0 Å². The van der Waals surface area contributed by atoms with E-state index in [1.54, 1.807) is 0 Å². The molecule has 1 fully saturated rings. The van der Waals surface area contributed by atoms with Gasteiger partial charge in [0.2, 0.25) is 0 Å². The minimum Gasteiger partial charge on any atom is -0.459 e. The number of hydrogen-bond acceptors (Lipinski definition) is 2. The fourth-order valence-electron chi connectivity index (χ4n) is 1.53. The molecule has 1 atom stereocenters. The molecular formula is C11H18O2. The molecule has 0 bridgehead atoms. The van der Waals surface area contributed by atoms with Crippen LogP contribution in [0.3, 0.4) is 0 Å². The lowest BCUT2D eigenvalue weighted by atomic mass is 10.1. The number of allylic oxidation sites excluding steroid dienone is 1. The van der Waals surface area contributed by atoms with Gasteiger partial charge >= 0.3 is 5.97 Å². The van der Waals surface area contributed by atoms with E-state index in [1.165, 1.54) is 19.3 Å². The molecule has 1 saturated heterocycles. The molecule has 2 nitrogen and oxygen atoms in total. The van der Waals surface area contributed by atoms with Gasteiger partial charge in [-0.25, -0.2) is 4.79 Å². The summed E-state index contributed by atoms with van der Waals surface area (Å²) in [5.74, 6) is -0.107. The van der Waals surface area contributed by atoms with E-state index in [4.69, 9.17) is 4.74 Å². The Morgan fingerprint density at radius 3 is 2.85 bits per heavy atom. The third kappa shape index (κ3) is 3.21. The van der Waals surface area contributed by atoms with Crippen LogP contribution in [0.2, 0.25) is 0 Å². The van der Waals surface area contributed by atoms with Gasteiger partial charge < -0.3 is 4.74 Å². The van der Waals surface area contributed by atoms with Crippen LogP contribution in [0.1, 0.15) is 46.0 Å². The minimum atomic E-state index is -0.107. The van der Waals surface area contributed by atoms with Crippen LogP contribution in [0.4, 0.5) is 0 Å². The van der Waals surface area contributed by atoms with Gasteiger partial charge in [-0.15, -0.1) is 0 Å². The van der Waals surface area contributed by atoms with Crippen molar-refractivity contribution in [1.29, 1.82) is 0 Å². The van der Waals surface area contributed by atoms with Crippen LogP contribution in [-0.4, -0.2) is 12.1 Å². The molecule has 1 aliphatic heterocycles. The summed E-state index contributed by atoms with van der Waals surface area (Å²) in [5.41, 5.74) is 0.878. The second-order valence-corrected chi connectivity index (χ2v) is 3.65. The monoisotopic (exact) mass is 182 g/mol. The average Bonchev–Trinajstić information content (AvgIpc) is 2.39. The number of unbranched alkanes of at least 4 members (excludes halogenated alkanes) is 3. The van der Waals surface area contributed by atoms with E-state index >= 15 is 0 Å². The molecule has 0 radical (unpaired) electrons. The van der Waals surface area contributed by atoms with Gasteiger partial charge in [-0.1, -0.05) is 25.8 Å². The van der Waals surface area contributed by atoms with E-state index in [2.05, 4.69) is 6.92 Å². The number of carbonyl (C=O) groups is 1. The van der Waals surface area contributed by atoms with Crippen LogP contribution < -0.4 is 0 Å². The highest BCUT2D eigenvalue weighted by molar-refractivity contribution is 5.90. The lowest BCUT2D eigenvalue weighted by molar-refractivity contribution is -0.138. The first-order chi connectivity index (χ1) is 6.24. The number of hydrogen-bond donors (Lipinski definition) is 0. The normalized spacial score (nSPS) is 25.2. The van der Waals surface area contributed by atoms with Crippen molar-refractivity contribution in [2.75, 3.05) is 0 Å². The van der Waals surface area contributed by atoms with E-state index in [9.17, 15) is 4.79 Å². The molecule has 1 rings (SSSR count). The predicted octanol–water partition coefficient (Wildman–Crippen LogP) is 2.83. The maximum atomic E-state index is 11.2. The Morgan fingerprint density at radius 1 is 1.54 bits per heavy atom. The summed E-state index contributed by atoms with van der Waals surface area (Å²) < 4.78 is 5.02. The van der Waals surface area contributed by atoms with Crippen LogP contribution in [0, 0.1) is 0 Å². The number of rotatable bonds is 4. The number of esters is 1. The summed E-state index contributed by atoms with van der Waals surface area (Å²) in [4.78, 5) is 11.2. The van der Waals surface area contributed by atoms with Crippen LogP contribution in [-0.2, 0) is 9.53 Å². The zero-order valence-electron chi connectivity index (χ0n) is 8.51. The molecule has 0 amide bonds. The highest BCUT2D eigenvalue weighted by Crippen LogP contribution is 2.20. The molecule has 0 saturated carbocycles. The largest absolute Gasteiger partial charge is 0.459 e. The van der Waals surface area contributed by atoms with Crippen molar-refractivity contribution in [3.05, 3.63) is 11.6 Å². The van der Waals surface area contributed by atoms with Gasteiger partial charge in [0.15, 0.2) is 0 Å². The Bertz CT molecular complexity index is 206. The first-order valence-corrected chi connectivity index (χ1v) is 5.14. The fraction of sp³-hybridized carbons (Fsp3) is 0.727. The Hall–Kier alpha value is -0.790. The van der Waals surface area contributed by atoms with E-state index in [0.717, 1.165) is 18.4 Å². The summed E-state index contributed by atoms with van der Waals surface area (Å²) in [7, 11) is 0. The smallest absolute Gasteiger partial charge is 0.334 e. The minimum absolute atomic E-state index is 0.0879. The molecule has 1 aliphatic rings. The summed E-state index contributed by atoms with van der Waals surface area (Å²) in [5, 5.41) is 0. The molecule has 74 valence electrons. The Kier molecular flexibility index (Phi) is 4.00. The summed E-state index contributed by atoms with van der Waals surface area (Å²) >= 11 is 0. The van der Waals surface area contributed by atoms with Gasteiger partial charge in [0.05, 0.1) is 0 Å². The van der Waals surface area contributed by atoms with Crippen LogP contribution in [0.5, 0.6) is 0 Å². The molecule has 0 aromatic rings. The second kappa shape index (κ2) is 5.05. The van der Waals surface area contributed by atoms with Crippen LogP contribution in [0.15, 0.2) is 11.6 Å². The quantitative estimate of drug-likeness (QED) is 0.379. The topological polar surface area (TPSA) is 26.3 Å². The molecule has 2 heteroatoms. The Balaban J connectivity index is 2.30. The van der Waals surface area contributed by atoms with Gasteiger partial charge in [0, 0.05) is 12.0 Å². The van der Waals surface area contributed by atoms with Crippen molar-refractivity contribution in [2.45, 2.75) is 52.1 Å². The lowest BCUT2D eigenvalue weighted by Crippen LogP contribution is -1.99. The molecule has 0 spiro atoms. The van der Waals surface area contributed by atoms with E-state index in [0.29, 0.717) is 0 Å². The van der Waals surface area contributed by atoms with Crippen molar-refractivity contribution in [3.63, 3.8) is 0 Å². The molecule has 1 heterocycles. The molecule has 13 heavy (non-hydrogen) atoms. The molecule has 0 aliphatic carbocycles. The SMILES string of the molecule is CCCCC/C=C1\C[C@H](C)OC1=O. The molecule has 0 N–H and O–H groups in total. The van der Waals surface area contributed by atoms with Gasteiger partial charge in [-0.05, 0) is 19.8 Å². The maximum Gasteiger partial charge on any atom is 0.334 e. The van der Waals surface area contributed by atoms with Gasteiger partial charge in [0.25, 0.3) is 0 Å². The number of cyclic esters (lactones) is 1. The van der Waals surface area contributed by atoms with Gasteiger partial charge in [-0.2, -0.15) is 0 Å². The van der Waals surface area contributed by atoms with Crippen molar-refractivity contribution in [2.24, 2.45) is 0 Å². The number of carbonyl (C=O) groups excluding carboxylic acids is 1. The van der Waals surface area contributed by atoms with Crippen molar-refractivity contribution < 1.29 is 9.53 Å². The van der Waals surface area contributed by atoms with E-state index < -0.39 is 0 Å². The summed E-state index contributed by atoms with van der Waals surface area (Å²) in [6, 6.07) is 0. The highest BCUT2D eigenvalue weighted by atomic mass is 16.5. The Labute approximate surface area is 80.0 Å². The van der Waals surface area contributed by atoms with E-state index in [1.807, 2.05) is 13.0 Å². The molecular weight excluding hydrogens is 164 g/mol. The standard InChI is InChI=1S/C11H18O2/c1-3-4-5-6-7-10-8-9(2)13-11(10)12/h7,9H,3-6,8H2,1-2H3/b10-7+/t9-/m0/s1. The summed E-state index contributed by atoms with van der Waals surface area (Å²) in [6.45, 7) is 4.11. The van der Waals surface area contributed by atoms with Gasteiger partial charge in [-0.3, -0.25) is 0 Å². The highest BCUT2D eigenvalue weighted by Gasteiger charge is 2.24. The van der Waals surface area contributed by atoms with Crippen LogP contribution >= 0.6 is 0 Å². The zero-order chi connectivity index (χ0) is 9.68. The van der Waals surface area contributed by atoms with Crippen molar-refractivity contribution in [1.82, 2.24) is 0 Å². The first-order valence-electron chi connectivity index (χ1n) is 5.14. The third-order valence-corrected chi connectivity index (χ3v) is 2.28. The molecule has 0 aromatic heterocycles. The fourth-order valence-corrected chi connectivity index (χ4v) is 1.53. The third-order valence-electron chi connectivity index (χ3n) is 2.28. The zero-order valence-corrected chi connectivity index (χ0v) is 8.51. The molecule has 0 unspecified atom stereocenters. The first kappa shape index (κ1) is 10.3. The second-order valence-electron chi connectivity index (χ2n) is 3.65. The van der Waals surface area contributed by atoms with Crippen LogP contribution in [0.25, 0.3) is 0 Å². The predicted molar refractivity (Wildman–Crippen MR) is 52.4 cm³/mol. The molecule has 0 aromatic carbocycles.